The Kier molecular flexibility index (Phi) is 4.73. The molecule has 2 aromatic heterocycles. The molecule has 0 fully saturated rings. The van der Waals surface area contributed by atoms with E-state index in [1.807, 2.05) is 5.51 Å². The second kappa shape index (κ2) is 6.31. The van der Waals surface area contributed by atoms with Crippen LogP contribution >= 0.6 is 23.1 Å². The lowest BCUT2D eigenvalue weighted by molar-refractivity contribution is 0.643. The quantitative estimate of drug-likeness (QED) is 0.819. The van der Waals surface area contributed by atoms with E-state index >= 15 is 0 Å². The van der Waals surface area contributed by atoms with Gasteiger partial charge in [-0.3, -0.25) is 0 Å². The Morgan fingerprint density at radius 2 is 2.28 bits per heavy atom. The largest absolute Gasteiger partial charge is 0.324 e. The maximum Gasteiger partial charge on any atom is 0.191 e. The van der Waals surface area contributed by atoms with E-state index in [0.29, 0.717) is 6.54 Å². The molecule has 0 bridgehead atoms. The second-order valence-electron chi connectivity index (χ2n) is 3.81. The number of aryl methyl sites for hydroxylation is 2. The lowest BCUT2D eigenvalue weighted by atomic mass is 10.3. The van der Waals surface area contributed by atoms with Crippen LogP contribution in [0.4, 0.5) is 0 Å². The Morgan fingerprint density at radius 1 is 1.44 bits per heavy atom. The standard InChI is InChI=1S/C11H17N5S2/c1-3-16-10(6-12)14-15-11(16)17-5-4-9-8(2)13-7-18-9/h7H,3-6,12H2,1-2H3. The van der Waals surface area contributed by atoms with Gasteiger partial charge in [0.2, 0.25) is 0 Å². The van der Waals surface area contributed by atoms with Crippen molar-refractivity contribution < 1.29 is 0 Å². The molecule has 0 radical (unpaired) electrons. The predicted octanol–water partition coefficient (Wildman–Crippen LogP) is 1.86. The molecule has 2 heterocycles. The first-order valence-electron chi connectivity index (χ1n) is 5.90. The van der Waals surface area contributed by atoms with Crippen LogP contribution in [-0.2, 0) is 19.5 Å². The normalized spacial score (nSPS) is 11.1. The van der Waals surface area contributed by atoms with Crippen LogP contribution in [0.5, 0.6) is 0 Å². The van der Waals surface area contributed by atoms with E-state index < -0.39 is 0 Å². The van der Waals surface area contributed by atoms with Crippen molar-refractivity contribution in [3.63, 3.8) is 0 Å². The Labute approximate surface area is 115 Å². The van der Waals surface area contributed by atoms with Crippen LogP contribution in [0.2, 0.25) is 0 Å². The Bertz CT molecular complexity index is 505. The van der Waals surface area contributed by atoms with Crippen LogP contribution in [-0.4, -0.2) is 25.5 Å². The maximum atomic E-state index is 5.63. The van der Waals surface area contributed by atoms with Gasteiger partial charge >= 0.3 is 0 Å². The summed E-state index contributed by atoms with van der Waals surface area (Å²) >= 11 is 3.44. The first-order chi connectivity index (χ1) is 8.76. The maximum absolute atomic E-state index is 5.63. The fourth-order valence-electron chi connectivity index (χ4n) is 1.70. The van der Waals surface area contributed by atoms with Crippen molar-refractivity contribution >= 4 is 23.1 Å². The SMILES string of the molecule is CCn1c(CN)nnc1SCCc1scnc1C. The highest BCUT2D eigenvalue weighted by molar-refractivity contribution is 7.99. The van der Waals surface area contributed by atoms with Crippen molar-refractivity contribution in [1.82, 2.24) is 19.7 Å². The van der Waals surface area contributed by atoms with E-state index in [0.717, 1.165) is 35.4 Å². The van der Waals surface area contributed by atoms with Gasteiger partial charge in [0.25, 0.3) is 0 Å². The minimum Gasteiger partial charge on any atom is -0.324 e. The smallest absolute Gasteiger partial charge is 0.191 e. The Morgan fingerprint density at radius 3 is 2.89 bits per heavy atom. The van der Waals surface area contributed by atoms with Crippen molar-refractivity contribution in [3.8, 4) is 0 Å². The third kappa shape index (κ3) is 2.90. The summed E-state index contributed by atoms with van der Waals surface area (Å²) < 4.78 is 2.07. The minimum atomic E-state index is 0.440. The van der Waals surface area contributed by atoms with Crippen LogP contribution in [0.3, 0.4) is 0 Å². The van der Waals surface area contributed by atoms with E-state index in [2.05, 4.69) is 33.6 Å². The molecule has 0 spiro atoms. The summed E-state index contributed by atoms with van der Waals surface area (Å²) in [6.07, 6.45) is 1.02. The first-order valence-corrected chi connectivity index (χ1v) is 7.76. The monoisotopic (exact) mass is 283 g/mol. The van der Waals surface area contributed by atoms with Gasteiger partial charge in [0.15, 0.2) is 5.16 Å². The molecule has 2 rings (SSSR count). The van der Waals surface area contributed by atoms with Crippen LogP contribution in [0, 0.1) is 6.92 Å². The molecule has 18 heavy (non-hydrogen) atoms. The number of thiazole rings is 1. The number of rotatable bonds is 6. The number of aromatic nitrogens is 4. The molecular weight excluding hydrogens is 266 g/mol. The van der Waals surface area contributed by atoms with Crippen LogP contribution in [0.1, 0.15) is 23.3 Å². The third-order valence-corrected chi connectivity index (χ3v) is 4.66. The van der Waals surface area contributed by atoms with Crippen molar-refractivity contribution in [3.05, 3.63) is 21.9 Å². The predicted molar refractivity (Wildman–Crippen MR) is 74.9 cm³/mol. The summed E-state index contributed by atoms with van der Waals surface area (Å²) in [5, 5.41) is 9.24. The number of thioether (sulfide) groups is 1. The summed E-state index contributed by atoms with van der Waals surface area (Å²) in [5.41, 5.74) is 8.66. The van der Waals surface area contributed by atoms with Gasteiger partial charge in [-0.05, 0) is 20.3 Å². The molecule has 7 heteroatoms. The highest BCUT2D eigenvalue weighted by atomic mass is 32.2. The van der Waals surface area contributed by atoms with Crippen LogP contribution in [0.25, 0.3) is 0 Å². The molecule has 0 aliphatic carbocycles. The Hall–Kier alpha value is -0.920. The average Bonchev–Trinajstić information content (AvgIpc) is 2.96. The number of nitrogens with zero attached hydrogens (tertiary/aromatic N) is 4. The van der Waals surface area contributed by atoms with Crippen LogP contribution < -0.4 is 5.73 Å². The van der Waals surface area contributed by atoms with Gasteiger partial charge in [-0.25, -0.2) is 4.98 Å². The molecule has 0 aliphatic rings. The summed E-state index contributed by atoms with van der Waals surface area (Å²) in [5.74, 6) is 1.85. The molecule has 0 amide bonds. The van der Waals surface area contributed by atoms with Crippen molar-refractivity contribution in [1.29, 1.82) is 0 Å². The molecule has 0 unspecified atom stereocenters. The zero-order valence-electron chi connectivity index (χ0n) is 10.6. The fraction of sp³-hybridized carbons (Fsp3) is 0.545. The van der Waals surface area contributed by atoms with Crippen LogP contribution in [0.15, 0.2) is 10.7 Å². The number of hydrogen-bond acceptors (Lipinski definition) is 6. The van der Waals surface area contributed by atoms with Gasteiger partial charge in [0.05, 0.1) is 17.7 Å². The van der Waals surface area contributed by atoms with Gasteiger partial charge in [0.1, 0.15) is 5.82 Å². The van der Waals surface area contributed by atoms with E-state index in [9.17, 15) is 0 Å². The number of hydrogen-bond donors (Lipinski definition) is 1. The van der Waals surface area contributed by atoms with E-state index in [1.165, 1.54) is 4.88 Å². The summed E-state index contributed by atoms with van der Waals surface area (Å²) in [6, 6.07) is 0. The van der Waals surface area contributed by atoms with Crippen molar-refractivity contribution in [2.45, 2.75) is 38.5 Å². The van der Waals surface area contributed by atoms with E-state index in [-0.39, 0.29) is 0 Å². The van der Waals surface area contributed by atoms with Gasteiger partial charge in [-0.2, -0.15) is 0 Å². The zero-order valence-corrected chi connectivity index (χ0v) is 12.2. The molecule has 0 atom stereocenters. The summed E-state index contributed by atoms with van der Waals surface area (Å²) in [7, 11) is 0. The van der Waals surface area contributed by atoms with Gasteiger partial charge in [-0.15, -0.1) is 21.5 Å². The fourth-order valence-corrected chi connectivity index (χ4v) is 3.58. The van der Waals surface area contributed by atoms with Gasteiger partial charge in [-0.1, -0.05) is 11.8 Å². The molecule has 0 saturated carbocycles. The topological polar surface area (TPSA) is 69.6 Å². The number of nitrogens with two attached hydrogens (primary N) is 1. The summed E-state index contributed by atoms with van der Waals surface area (Å²) in [4.78, 5) is 5.60. The van der Waals surface area contributed by atoms with Crippen molar-refractivity contribution in [2.24, 2.45) is 5.73 Å². The lowest BCUT2D eigenvalue weighted by Crippen LogP contribution is -2.08. The average molecular weight is 283 g/mol. The molecule has 2 aromatic rings. The third-order valence-electron chi connectivity index (χ3n) is 2.70. The molecular formula is C11H17N5S2. The molecule has 0 saturated heterocycles. The highest BCUT2D eigenvalue weighted by Crippen LogP contribution is 2.20. The lowest BCUT2D eigenvalue weighted by Gasteiger charge is -2.05. The molecule has 5 nitrogen and oxygen atoms in total. The summed E-state index contributed by atoms with van der Waals surface area (Å²) in [6.45, 7) is 5.44. The first kappa shape index (κ1) is 13.5. The molecule has 2 N–H and O–H groups in total. The van der Waals surface area contributed by atoms with E-state index in [1.54, 1.807) is 23.1 Å². The van der Waals surface area contributed by atoms with Crippen molar-refractivity contribution in [2.75, 3.05) is 5.75 Å². The zero-order chi connectivity index (χ0) is 13.0. The molecule has 0 aliphatic heterocycles. The minimum absolute atomic E-state index is 0.440. The molecule has 98 valence electrons. The Balaban J connectivity index is 1.94. The van der Waals surface area contributed by atoms with Gasteiger partial charge < -0.3 is 10.3 Å². The second-order valence-corrected chi connectivity index (χ2v) is 5.81. The van der Waals surface area contributed by atoms with Gasteiger partial charge in [0, 0.05) is 17.2 Å². The molecule has 0 aromatic carbocycles. The highest BCUT2D eigenvalue weighted by Gasteiger charge is 2.10. The van der Waals surface area contributed by atoms with E-state index in [4.69, 9.17) is 5.73 Å².